The zero-order chi connectivity index (χ0) is 12.3. The van der Waals surface area contributed by atoms with Crippen molar-refractivity contribution in [3.05, 3.63) is 30.1 Å². The van der Waals surface area contributed by atoms with Gasteiger partial charge in [0.15, 0.2) is 9.84 Å². The molecule has 1 atom stereocenters. The fraction of sp³-hybridized carbons (Fsp3) is 0.222. The molecule has 0 aromatic heterocycles. The van der Waals surface area contributed by atoms with Crippen molar-refractivity contribution in [2.45, 2.75) is 10.9 Å². The summed E-state index contributed by atoms with van der Waals surface area (Å²) in [6, 6.07) is 2.81. The summed E-state index contributed by atoms with van der Waals surface area (Å²) >= 11 is 0. The molecular formula is C9H10FNO4S. The molecule has 7 heteroatoms. The first kappa shape index (κ1) is 12.6. The lowest BCUT2D eigenvalue weighted by Gasteiger charge is -2.07. The number of hydrogen-bond acceptors (Lipinski definition) is 4. The maximum absolute atomic E-state index is 12.8. The quantitative estimate of drug-likeness (QED) is 0.781. The van der Waals surface area contributed by atoms with Crippen LogP contribution >= 0.6 is 0 Å². The second-order valence-electron chi connectivity index (χ2n) is 3.18. The summed E-state index contributed by atoms with van der Waals surface area (Å²) in [6.07, 6.45) is 0. The summed E-state index contributed by atoms with van der Waals surface area (Å²) < 4.78 is 36.0. The molecule has 0 amide bonds. The fourth-order valence-electron chi connectivity index (χ4n) is 1.06. The Morgan fingerprint density at radius 1 is 1.50 bits per heavy atom. The third-order valence-corrected chi connectivity index (χ3v) is 3.64. The van der Waals surface area contributed by atoms with Crippen LogP contribution in [0.4, 0.5) is 4.39 Å². The highest BCUT2D eigenvalue weighted by molar-refractivity contribution is 7.91. The first-order chi connectivity index (χ1) is 7.33. The third-order valence-electron chi connectivity index (χ3n) is 1.87. The molecular weight excluding hydrogens is 237 g/mol. The van der Waals surface area contributed by atoms with Gasteiger partial charge in [-0.05, 0) is 18.2 Å². The van der Waals surface area contributed by atoms with Crippen LogP contribution in [0.1, 0.15) is 0 Å². The van der Waals surface area contributed by atoms with Crippen LogP contribution in [0, 0.1) is 5.82 Å². The van der Waals surface area contributed by atoms with Crippen molar-refractivity contribution in [3.63, 3.8) is 0 Å². The van der Waals surface area contributed by atoms with Crippen molar-refractivity contribution in [3.8, 4) is 0 Å². The van der Waals surface area contributed by atoms with Gasteiger partial charge in [0.05, 0.1) is 10.6 Å². The lowest BCUT2D eigenvalue weighted by atomic mass is 10.3. The lowest BCUT2D eigenvalue weighted by molar-refractivity contribution is -0.137. The van der Waals surface area contributed by atoms with Crippen molar-refractivity contribution < 1.29 is 22.7 Å². The average molecular weight is 247 g/mol. The molecule has 1 aromatic rings. The highest BCUT2D eigenvalue weighted by Gasteiger charge is 2.23. The summed E-state index contributed by atoms with van der Waals surface area (Å²) in [6.45, 7) is 0. The number of rotatable bonds is 4. The Morgan fingerprint density at radius 2 is 2.12 bits per heavy atom. The summed E-state index contributed by atoms with van der Waals surface area (Å²) in [7, 11) is -3.87. The Bertz CT molecular complexity index is 500. The van der Waals surface area contributed by atoms with Crippen LogP contribution in [0.25, 0.3) is 0 Å². The molecule has 1 unspecified atom stereocenters. The predicted octanol–water partition coefficient (Wildman–Crippen LogP) is 0.0113. The maximum atomic E-state index is 12.8. The van der Waals surface area contributed by atoms with Gasteiger partial charge >= 0.3 is 5.97 Å². The Kier molecular flexibility index (Phi) is 3.61. The Balaban J connectivity index is 2.99. The van der Waals surface area contributed by atoms with Crippen molar-refractivity contribution in [1.82, 2.24) is 0 Å². The van der Waals surface area contributed by atoms with Gasteiger partial charge in [-0.25, -0.2) is 12.8 Å². The molecule has 5 nitrogen and oxygen atoms in total. The number of halogens is 1. The minimum atomic E-state index is -3.87. The number of hydrogen-bond donors (Lipinski definition) is 2. The monoisotopic (exact) mass is 247 g/mol. The van der Waals surface area contributed by atoms with E-state index in [1.165, 1.54) is 12.1 Å². The smallest absolute Gasteiger partial charge is 0.321 e. The Labute approximate surface area is 91.6 Å². The number of carbonyl (C=O) groups is 1. The predicted molar refractivity (Wildman–Crippen MR) is 54.1 cm³/mol. The Hall–Kier alpha value is -1.47. The van der Waals surface area contributed by atoms with Crippen molar-refractivity contribution in [2.75, 3.05) is 5.75 Å². The second-order valence-corrected chi connectivity index (χ2v) is 5.22. The van der Waals surface area contributed by atoms with Gasteiger partial charge in [-0.15, -0.1) is 0 Å². The number of sulfone groups is 1. The number of aliphatic carboxylic acids is 1. The molecule has 0 saturated carbocycles. The summed E-state index contributed by atoms with van der Waals surface area (Å²) in [4.78, 5) is 10.1. The molecule has 16 heavy (non-hydrogen) atoms. The van der Waals surface area contributed by atoms with Crippen LogP contribution in [0.5, 0.6) is 0 Å². The van der Waals surface area contributed by atoms with Gasteiger partial charge in [0.2, 0.25) is 0 Å². The van der Waals surface area contributed by atoms with Gasteiger partial charge in [0.25, 0.3) is 0 Å². The van der Waals surface area contributed by atoms with E-state index >= 15 is 0 Å². The first-order valence-electron chi connectivity index (χ1n) is 4.29. The van der Waals surface area contributed by atoms with Gasteiger partial charge < -0.3 is 10.8 Å². The highest BCUT2D eigenvalue weighted by atomic mass is 32.2. The van der Waals surface area contributed by atoms with Crippen LogP contribution in [-0.2, 0) is 14.6 Å². The van der Waals surface area contributed by atoms with Crippen LogP contribution in [-0.4, -0.2) is 31.3 Å². The van der Waals surface area contributed by atoms with Crippen molar-refractivity contribution in [2.24, 2.45) is 5.73 Å². The third kappa shape index (κ3) is 3.01. The molecule has 1 rings (SSSR count). The van der Waals surface area contributed by atoms with E-state index in [-0.39, 0.29) is 4.90 Å². The topological polar surface area (TPSA) is 97.5 Å². The summed E-state index contributed by atoms with van der Waals surface area (Å²) in [5.41, 5.74) is 5.11. The van der Waals surface area contributed by atoms with Crippen LogP contribution in [0.15, 0.2) is 29.2 Å². The van der Waals surface area contributed by atoms with Gasteiger partial charge in [0, 0.05) is 0 Å². The molecule has 0 radical (unpaired) electrons. The van der Waals surface area contributed by atoms with Crippen LogP contribution in [0.2, 0.25) is 0 Å². The zero-order valence-corrected chi connectivity index (χ0v) is 8.95. The number of carboxylic acids is 1. The van der Waals surface area contributed by atoms with Crippen molar-refractivity contribution in [1.29, 1.82) is 0 Å². The number of benzene rings is 1. The molecule has 0 fully saturated rings. The zero-order valence-electron chi connectivity index (χ0n) is 8.13. The average Bonchev–Trinajstić information content (AvgIpc) is 2.17. The number of nitrogens with two attached hydrogens (primary N) is 1. The molecule has 0 aliphatic rings. The molecule has 0 heterocycles. The molecule has 1 aromatic carbocycles. The highest BCUT2D eigenvalue weighted by Crippen LogP contribution is 2.13. The van der Waals surface area contributed by atoms with Gasteiger partial charge in [-0.3, -0.25) is 4.79 Å². The van der Waals surface area contributed by atoms with E-state index in [1.807, 2.05) is 0 Å². The molecule has 0 bridgehead atoms. The van der Waals surface area contributed by atoms with Gasteiger partial charge in [-0.1, -0.05) is 6.07 Å². The van der Waals surface area contributed by atoms with E-state index in [1.54, 1.807) is 0 Å². The number of carboxylic acid groups (broad SMARTS) is 1. The van der Waals surface area contributed by atoms with E-state index in [2.05, 4.69) is 0 Å². The van der Waals surface area contributed by atoms with E-state index in [4.69, 9.17) is 10.8 Å². The normalized spacial score (nSPS) is 13.4. The second kappa shape index (κ2) is 4.58. The standard InChI is InChI=1S/C9H10FNO4S/c10-6-2-1-3-7(4-6)16(14,15)5-8(11)9(12)13/h1-4,8H,5,11H2,(H,12,13). The van der Waals surface area contributed by atoms with Crippen LogP contribution < -0.4 is 5.73 Å². The van der Waals surface area contributed by atoms with Gasteiger partial charge in [-0.2, -0.15) is 0 Å². The van der Waals surface area contributed by atoms with E-state index in [9.17, 15) is 17.6 Å². The van der Waals surface area contributed by atoms with Gasteiger partial charge in [0.1, 0.15) is 11.9 Å². The first-order valence-corrected chi connectivity index (χ1v) is 5.95. The van der Waals surface area contributed by atoms with E-state index < -0.39 is 33.4 Å². The Morgan fingerprint density at radius 3 is 2.62 bits per heavy atom. The largest absolute Gasteiger partial charge is 0.480 e. The molecule has 88 valence electrons. The molecule has 3 N–H and O–H groups in total. The SMILES string of the molecule is NC(CS(=O)(=O)c1cccc(F)c1)C(=O)O. The minimum absolute atomic E-state index is 0.274. The van der Waals surface area contributed by atoms with Crippen LogP contribution in [0.3, 0.4) is 0 Å². The fourth-order valence-corrected chi connectivity index (χ4v) is 2.45. The molecule has 0 spiro atoms. The van der Waals surface area contributed by atoms with E-state index in [0.29, 0.717) is 0 Å². The summed E-state index contributed by atoms with van der Waals surface area (Å²) in [5.74, 6) is -2.88. The lowest BCUT2D eigenvalue weighted by Crippen LogP contribution is -2.37. The minimum Gasteiger partial charge on any atom is -0.480 e. The molecule has 0 aliphatic heterocycles. The summed E-state index contributed by atoms with van der Waals surface area (Å²) in [5, 5.41) is 8.48. The molecule has 0 saturated heterocycles. The maximum Gasteiger partial charge on any atom is 0.321 e. The molecule has 0 aliphatic carbocycles. The van der Waals surface area contributed by atoms with Crippen molar-refractivity contribution >= 4 is 15.8 Å². The van der Waals surface area contributed by atoms with E-state index in [0.717, 1.165) is 12.1 Å².